The molecule has 1 fully saturated rings. The molecule has 1 saturated heterocycles. The Bertz CT molecular complexity index is 942. The molecule has 1 aliphatic heterocycles. The number of amides is 2. The van der Waals surface area contributed by atoms with E-state index in [0.29, 0.717) is 29.9 Å². The number of halogens is 1. The van der Waals surface area contributed by atoms with Crippen LogP contribution in [0, 0.1) is 0 Å². The van der Waals surface area contributed by atoms with Crippen LogP contribution in [-0.2, 0) is 9.53 Å². The van der Waals surface area contributed by atoms with Gasteiger partial charge < -0.3 is 25.0 Å². The van der Waals surface area contributed by atoms with Crippen molar-refractivity contribution in [3.63, 3.8) is 0 Å². The molecule has 0 bridgehead atoms. The van der Waals surface area contributed by atoms with Gasteiger partial charge in [-0.2, -0.15) is 0 Å². The van der Waals surface area contributed by atoms with Gasteiger partial charge in [0.25, 0.3) is 5.91 Å². The summed E-state index contributed by atoms with van der Waals surface area (Å²) in [6.45, 7) is 5.73. The molecule has 0 spiro atoms. The van der Waals surface area contributed by atoms with Crippen molar-refractivity contribution in [1.82, 2.24) is 19.9 Å². The van der Waals surface area contributed by atoms with Gasteiger partial charge in [-0.05, 0) is 20.8 Å². The number of fused-ring (bicyclic) bond motifs is 1. The Morgan fingerprint density at radius 3 is 2.66 bits per heavy atom. The molecule has 11 heteroatoms. The molecule has 2 aromatic heterocycles. The molecule has 1 aliphatic rings. The normalized spacial score (nSPS) is 14.5. The third-order valence-electron chi connectivity index (χ3n) is 4.29. The number of hydrogen-bond acceptors (Lipinski definition) is 8. The molecule has 0 radical (unpaired) electrons. The van der Waals surface area contributed by atoms with Crippen LogP contribution in [0.1, 0.15) is 20.8 Å². The summed E-state index contributed by atoms with van der Waals surface area (Å²) < 4.78 is 5.39. The zero-order valence-corrected chi connectivity index (χ0v) is 17.4. The third kappa shape index (κ3) is 4.83. The van der Waals surface area contributed by atoms with E-state index in [1.807, 2.05) is 25.7 Å². The molecular formula is C18H23ClN6O4. The standard InChI is InChI=1S/C18H23ClN6O4/c1-18(2,3)29-17(28)24(4)10-7-25(8-10)16-15(23-14(27)9-26)21-11-5-13(19)20-6-12(11)22-16/h5-6,10,26H,7-9H2,1-4H3,(H,21,23,27). The van der Waals surface area contributed by atoms with Gasteiger partial charge in [-0.15, -0.1) is 0 Å². The van der Waals surface area contributed by atoms with Crippen molar-refractivity contribution in [1.29, 1.82) is 0 Å². The Morgan fingerprint density at radius 2 is 2.03 bits per heavy atom. The number of nitrogens with one attached hydrogen (secondary N) is 1. The molecule has 3 heterocycles. The van der Waals surface area contributed by atoms with Crippen LogP contribution in [-0.4, -0.2) is 75.3 Å². The lowest BCUT2D eigenvalue weighted by molar-refractivity contribution is -0.118. The maximum atomic E-state index is 12.2. The van der Waals surface area contributed by atoms with Gasteiger partial charge in [0.2, 0.25) is 0 Å². The molecule has 0 unspecified atom stereocenters. The SMILES string of the molecule is CN(C(=O)OC(C)(C)C)C1CN(c2nc3cnc(Cl)cc3nc2NC(=O)CO)C1. The Balaban J connectivity index is 1.80. The highest BCUT2D eigenvalue weighted by atomic mass is 35.5. The average molecular weight is 423 g/mol. The summed E-state index contributed by atoms with van der Waals surface area (Å²) in [6.07, 6.45) is 1.09. The largest absolute Gasteiger partial charge is 0.444 e. The number of rotatable bonds is 4. The van der Waals surface area contributed by atoms with Gasteiger partial charge >= 0.3 is 6.09 Å². The number of aromatic nitrogens is 3. The maximum Gasteiger partial charge on any atom is 0.410 e. The lowest BCUT2D eigenvalue weighted by Crippen LogP contribution is -2.60. The second kappa shape index (κ2) is 7.96. The van der Waals surface area contributed by atoms with E-state index in [2.05, 4.69) is 20.3 Å². The molecule has 29 heavy (non-hydrogen) atoms. The van der Waals surface area contributed by atoms with Gasteiger partial charge in [0.05, 0.1) is 17.8 Å². The minimum Gasteiger partial charge on any atom is -0.444 e. The maximum absolute atomic E-state index is 12.2. The number of aliphatic hydroxyl groups is 1. The lowest BCUT2D eigenvalue weighted by atomic mass is 10.1. The molecule has 0 aromatic carbocycles. The van der Waals surface area contributed by atoms with Gasteiger partial charge in [-0.3, -0.25) is 4.79 Å². The van der Waals surface area contributed by atoms with E-state index in [0.717, 1.165) is 0 Å². The first-order valence-corrected chi connectivity index (χ1v) is 9.40. The average Bonchev–Trinajstić information content (AvgIpc) is 2.59. The molecule has 0 saturated carbocycles. The Labute approximate surface area is 172 Å². The number of carbonyl (C=O) groups is 2. The molecule has 2 N–H and O–H groups in total. The molecule has 0 aliphatic carbocycles. The summed E-state index contributed by atoms with van der Waals surface area (Å²) in [5.74, 6) is 0.0254. The molecular weight excluding hydrogens is 400 g/mol. The number of hydrogen-bond donors (Lipinski definition) is 2. The van der Waals surface area contributed by atoms with E-state index in [1.165, 1.54) is 12.3 Å². The van der Waals surface area contributed by atoms with Gasteiger partial charge in [0.15, 0.2) is 11.6 Å². The monoisotopic (exact) mass is 422 g/mol. The molecule has 0 atom stereocenters. The Kier molecular flexibility index (Phi) is 5.76. The van der Waals surface area contributed by atoms with E-state index in [-0.39, 0.29) is 17.0 Å². The smallest absolute Gasteiger partial charge is 0.410 e. The summed E-state index contributed by atoms with van der Waals surface area (Å²) in [5.41, 5.74) is 0.398. The Morgan fingerprint density at radius 1 is 1.34 bits per heavy atom. The van der Waals surface area contributed by atoms with Crippen molar-refractivity contribution in [2.24, 2.45) is 0 Å². The van der Waals surface area contributed by atoms with Crippen LogP contribution >= 0.6 is 11.6 Å². The van der Waals surface area contributed by atoms with Crippen molar-refractivity contribution in [2.75, 3.05) is 37.0 Å². The molecule has 2 aromatic rings. The number of nitrogens with zero attached hydrogens (tertiary/aromatic N) is 5. The fourth-order valence-corrected chi connectivity index (χ4v) is 2.91. The molecule has 10 nitrogen and oxygen atoms in total. The van der Waals surface area contributed by atoms with Crippen LogP contribution in [0.4, 0.5) is 16.4 Å². The van der Waals surface area contributed by atoms with Crippen LogP contribution in [0.3, 0.4) is 0 Å². The summed E-state index contributed by atoms with van der Waals surface area (Å²) in [5, 5.41) is 11.9. The summed E-state index contributed by atoms with van der Waals surface area (Å²) in [4.78, 5) is 40.3. The van der Waals surface area contributed by atoms with Crippen LogP contribution in [0.2, 0.25) is 5.15 Å². The highest BCUT2D eigenvalue weighted by molar-refractivity contribution is 6.29. The molecule has 3 rings (SSSR count). The number of likely N-dealkylation sites (N-methyl/N-ethyl adjacent to an activating group) is 1. The van der Waals surface area contributed by atoms with Gasteiger partial charge in [0.1, 0.15) is 22.9 Å². The van der Waals surface area contributed by atoms with Crippen LogP contribution in [0.5, 0.6) is 0 Å². The Hall–Kier alpha value is -2.72. The van der Waals surface area contributed by atoms with Crippen LogP contribution < -0.4 is 10.2 Å². The fourth-order valence-electron chi connectivity index (χ4n) is 2.76. The summed E-state index contributed by atoms with van der Waals surface area (Å²) in [7, 11) is 1.68. The van der Waals surface area contributed by atoms with E-state index >= 15 is 0 Å². The second-order valence-electron chi connectivity index (χ2n) is 7.75. The van der Waals surface area contributed by atoms with Gasteiger partial charge in [0, 0.05) is 26.2 Å². The first-order valence-electron chi connectivity index (χ1n) is 9.02. The highest BCUT2D eigenvalue weighted by Crippen LogP contribution is 2.30. The topological polar surface area (TPSA) is 121 Å². The van der Waals surface area contributed by atoms with Crippen molar-refractivity contribution in [3.05, 3.63) is 17.4 Å². The van der Waals surface area contributed by atoms with Crippen molar-refractivity contribution < 1.29 is 19.4 Å². The number of anilines is 2. The molecule has 2 amide bonds. The van der Waals surface area contributed by atoms with Gasteiger partial charge in [-0.1, -0.05) is 11.6 Å². The molecule has 156 valence electrons. The predicted molar refractivity (Wildman–Crippen MR) is 108 cm³/mol. The zero-order chi connectivity index (χ0) is 21.3. The summed E-state index contributed by atoms with van der Waals surface area (Å²) in [6, 6.07) is 1.46. The quantitative estimate of drug-likeness (QED) is 0.713. The van der Waals surface area contributed by atoms with Crippen LogP contribution in [0.15, 0.2) is 12.3 Å². The van der Waals surface area contributed by atoms with E-state index < -0.39 is 24.2 Å². The zero-order valence-electron chi connectivity index (χ0n) is 16.6. The predicted octanol–water partition coefficient (Wildman–Crippen LogP) is 1.66. The first-order chi connectivity index (χ1) is 13.6. The highest BCUT2D eigenvalue weighted by Gasteiger charge is 2.36. The summed E-state index contributed by atoms with van der Waals surface area (Å²) >= 11 is 5.91. The fraction of sp³-hybridized carbons (Fsp3) is 0.500. The van der Waals surface area contributed by atoms with E-state index in [4.69, 9.17) is 21.4 Å². The minimum absolute atomic E-state index is 0.0768. The third-order valence-corrected chi connectivity index (χ3v) is 4.50. The number of carbonyl (C=O) groups excluding carboxylic acids is 2. The first kappa shape index (κ1) is 21.0. The minimum atomic E-state index is -0.680. The van der Waals surface area contributed by atoms with Gasteiger partial charge in [-0.25, -0.2) is 19.7 Å². The number of ether oxygens (including phenoxy) is 1. The van der Waals surface area contributed by atoms with Crippen molar-refractivity contribution >= 4 is 46.3 Å². The second-order valence-corrected chi connectivity index (χ2v) is 8.14. The van der Waals surface area contributed by atoms with Crippen LogP contribution in [0.25, 0.3) is 11.0 Å². The number of aliphatic hydroxyl groups excluding tert-OH is 1. The van der Waals surface area contributed by atoms with E-state index in [1.54, 1.807) is 11.9 Å². The number of pyridine rings is 1. The lowest BCUT2D eigenvalue weighted by Gasteiger charge is -2.44. The van der Waals surface area contributed by atoms with Crippen molar-refractivity contribution in [2.45, 2.75) is 32.4 Å². The van der Waals surface area contributed by atoms with Crippen molar-refractivity contribution in [3.8, 4) is 0 Å². The van der Waals surface area contributed by atoms with E-state index in [9.17, 15) is 9.59 Å².